The molecular weight excluding hydrogens is 289 g/mol. The van der Waals surface area contributed by atoms with E-state index in [0.29, 0.717) is 17.0 Å². The molecule has 0 aliphatic carbocycles. The summed E-state index contributed by atoms with van der Waals surface area (Å²) in [7, 11) is 0. The molecule has 0 radical (unpaired) electrons. The van der Waals surface area contributed by atoms with Crippen molar-refractivity contribution in [2.24, 2.45) is 5.92 Å². The van der Waals surface area contributed by atoms with Crippen LogP contribution in [0.25, 0.3) is 11.5 Å². The molecule has 1 aromatic carbocycles. The average molecular weight is 307 g/mol. The van der Waals surface area contributed by atoms with E-state index in [-0.39, 0.29) is 11.8 Å². The Bertz CT molecular complexity index is 599. The van der Waals surface area contributed by atoms with Gasteiger partial charge in [0.15, 0.2) is 0 Å². The molecule has 2 atom stereocenters. The van der Waals surface area contributed by atoms with E-state index < -0.39 is 18.8 Å². The normalized spacial score (nSPS) is 13.9. The quantitative estimate of drug-likeness (QED) is 0.850. The van der Waals surface area contributed by atoms with Crippen LogP contribution in [-0.4, -0.2) is 33.9 Å². The highest BCUT2D eigenvalue weighted by molar-refractivity contribution is 5.78. The van der Waals surface area contributed by atoms with Crippen molar-refractivity contribution in [3.05, 3.63) is 36.2 Å². The third-order valence-corrected chi connectivity index (χ3v) is 3.26. The topological polar surface area (TPSA) is 88.2 Å². The van der Waals surface area contributed by atoms with Gasteiger partial charge in [-0.1, -0.05) is 26.0 Å². The van der Waals surface area contributed by atoms with E-state index in [1.807, 2.05) is 0 Å². The number of rotatable bonds is 6. The van der Waals surface area contributed by atoms with Gasteiger partial charge in [0.2, 0.25) is 18.2 Å². The number of halogens is 1. The third-order valence-electron chi connectivity index (χ3n) is 3.26. The minimum Gasteiger partial charge on any atom is -0.423 e. The molecule has 0 saturated carbocycles. The fourth-order valence-corrected chi connectivity index (χ4v) is 1.91. The summed E-state index contributed by atoms with van der Waals surface area (Å²) >= 11 is 0. The molecule has 1 aromatic heterocycles. The molecule has 0 aliphatic rings. The maximum atomic E-state index is 13.1. The van der Waals surface area contributed by atoms with Crippen LogP contribution in [0.5, 0.6) is 0 Å². The molecular formula is C15H18FN3O3. The van der Waals surface area contributed by atoms with Crippen molar-refractivity contribution in [2.75, 3.05) is 6.67 Å². The number of aliphatic hydroxyl groups is 1. The summed E-state index contributed by atoms with van der Waals surface area (Å²) < 4.78 is 18.2. The smallest absolute Gasteiger partial charge is 0.247 e. The zero-order chi connectivity index (χ0) is 16.1. The predicted molar refractivity (Wildman–Crippen MR) is 77.4 cm³/mol. The van der Waals surface area contributed by atoms with Crippen LogP contribution in [0.4, 0.5) is 4.39 Å². The molecule has 0 bridgehead atoms. The van der Waals surface area contributed by atoms with E-state index in [9.17, 15) is 14.3 Å². The van der Waals surface area contributed by atoms with Gasteiger partial charge in [-0.3, -0.25) is 4.79 Å². The van der Waals surface area contributed by atoms with Crippen molar-refractivity contribution >= 4 is 5.91 Å². The molecule has 6 nitrogen and oxygen atoms in total. The summed E-state index contributed by atoms with van der Waals surface area (Å²) in [6.07, 6.45) is 0.0861. The number of carbonyl (C=O) groups is 1. The molecule has 22 heavy (non-hydrogen) atoms. The maximum Gasteiger partial charge on any atom is 0.247 e. The summed E-state index contributed by atoms with van der Waals surface area (Å²) in [4.78, 5) is 11.6. The van der Waals surface area contributed by atoms with Crippen LogP contribution in [-0.2, 0) is 4.79 Å². The van der Waals surface area contributed by atoms with Crippen LogP contribution in [0, 0.1) is 5.92 Å². The number of amides is 1. The van der Waals surface area contributed by atoms with Gasteiger partial charge in [-0.05, 0) is 17.7 Å². The van der Waals surface area contributed by atoms with Crippen LogP contribution in [0.2, 0.25) is 0 Å². The fraction of sp³-hybridized carbons (Fsp3) is 0.400. The van der Waals surface area contributed by atoms with Gasteiger partial charge in [-0.15, -0.1) is 10.2 Å². The van der Waals surface area contributed by atoms with E-state index in [4.69, 9.17) is 4.42 Å². The highest BCUT2D eigenvalue weighted by Crippen LogP contribution is 2.22. The number of nitrogens with zero attached hydrogens (tertiary/aromatic N) is 2. The molecule has 0 aliphatic heterocycles. The lowest BCUT2D eigenvalue weighted by atomic mass is 10.0. The van der Waals surface area contributed by atoms with Crippen LogP contribution in [0.15, 0.2) is 35.1 Å². The van der Waals surface area contributed by atoms with Crippen LogP contribution >= 0.6 is 0 Å². The first-order valence-electron chi connectivity index (χ1n) is 6.93. The van der Waals surface area contributed by atoms with Crippen molar-refractivity contribution < 1.29 is 18.7 Å². The van der Waals surface area contributed by atoms with E-state index >= 15 is 0 Å². The van der Waals surface area contributed by atoms with Crippen molar-refractivity contribution in [3.8, 4) is 11.5 Å². The van der Waals surface area contributed by atoms with E-state index in [0.717, 1.165) is 0 Å². The second kappa shape index (κ2) is 7.13. The molecule has 1 heterocycles. The van der Waals surface area contributed by atoms with E-state index in [2.05, 4.69) is 15.5 Å². The lowest BCUT2D eigenvalue weighted by Crippen LogP contribution is -2.42. The minimum atomic E-state index is -1.13. The van der Waals surface area contributed by atoms with Gasteiger partial charge in [0.05, 0.1) is 6.04 Å². The van der Waals surface area contributed by atoms with Gasteiger partial charge in [0, 0.05) is 11.5 Å². The van der Waals surface area contributed by atoms with Gasteiger partial charge < -0.3 is 14.8 Å². The Morgan fingerprint density at radius 3 is 2.55 bits per heavy atom. The number of alkyl halides is 1. The largest absolute Gasteiger partial charge is 0.423 e. The second-order valence-corrected chi connectivity index (χ2v) is 5.23. The number of hydrogen-bond donors (Lipinski definition) is 2. The lowest BCUT2D eigenvalue weighted by Gasteiger charge is -2.23. The molecule has 2 N–H and O–H groups in total. The van der Waals surface area contributed by atoms with Crippen LogP contribution in [0.3, 0.4) is 0 Å². The van der Waals surface area contributed by atoms with Crippen molar-refractivity contribution in [3.63, 3.8) is 0 Å². The van der Waals surface area contributed by atoms with Crippen molar-refractivity contribution in [2.45, 2.75) is 26.0 Å². The first-order valence-corrected chi connectivity index (χ1v) is 6.93. The number of nitrogens with one attached hydrogen (secondary N) is 1. The molecule has 1 amide bonds. The highest BCUT2D eigenvalue weighted by atomic mass is 19.1. The van der Waals surface area contributed by atoms with Gasteiger partial charge >= 0.3 is 0 Å². The Balaban J connectivity index is 2.10. The summed E-state index contributed by atoms with van der Waals surface area (Å²) in [6.45, 7) is 2.55. The van der Waals surface area contributed by atoms with Gasteiger partial charge in [0.25, 0.3) is 0 Å². The zero-order valence-electron chi connectivity index (χ0n) is 12.4. The number of aromatic nitrogens is 2. The monoisotopic (exact) mass is 307 g/mol. The lowest BCUT2D eigenvalue weighted by molar-refractivity contribution is -0.125. The van der Waals surface area contributed by atoms with Crippen LogP contribution in [0.1, 0.15) is 25.5 Å². The molecule has 7 heteroatoms. The number of aliphatic hydroxyl groups excluding tert-OH is 1. The predicted octanol–water partition coefficient (Wildman–Crippen LogP) is 1.88. The van der Waals surface area contributed by atoms with Gasteiger partial charge in [-0.2, -0.15) is 0 Å². The second-order valence-electron chi connectivity index (χ2n) is 5.23. The number of carbonyl (C=O) groups excluding carboxylic acids is 1. The Labute approximate surface area is 127 Å². The third kappa shape index (κ3) is 3.67. The molecule has 118 valence electrons. The summed E-state index contributed by atoms with van der Waals surface area (Å²) in [6, 6.07) is 5.66. The van der Waals surface area contributed by atoms with Gasteiger partial charge in [-0.25, -0.2) is 4.39 Å². The standard InChI is InChI=1S/C15H18FN3O3/c1-9(2)14(21)18-12(7-16)13(20)10-3-5-11(6-4-10)15-19-17-8-22-15/h3-6,8-9,12-13,20H,7H2,1-2H3,(H,18,21)/t12-,13-/m1/s1. The molecule has 0 saturated heterocycles. The van der Waals surface area contributed by atoms with E-state index in [1.54, 1.807) is 38.1 Å². The SMILES string of the molecule is CC(C)C(=O)N[C@H](CF)[C@H](O)c1ccc(-c2nnco2)cc1. The van der Waals surface area contributed by atoms with Gasteiger partial charge in [0.1, 0.15) is 12.8 Å². The first-order chi connectivity index (χ1) is 10.5. The Hall–Kier alpha value is -2.28. The highest BCUT2D eigenvalue weighted by Gasteiger charge is 2.24. The average Bonchev–Trinajstić information content (AvgIpc) is 3.06. The summed E-state index contributed by atoms with van der Waals surface area (Å²) in [5, 5.41) is 20.1. The maximum absolute atomic E-state index is 13.1. The summed E-state index contributed by atoms with van der Waals surface area (Å²) in [5.41, 5.74) is 1.19. The minimum absolute atomic E-state index is 0.277. The number of hydrogen-bond acceptors (Lipinski definition) is 5. The molecule has 0 unspecified atom stereocenters. The van der Waals surface area contributed by atoms with Crippen molar-refractivity contribution in [1.82, 2.24) is 15.5 Å². The zero-order valence-corrected chi connectivity index (χ0v) is 12.4. The van der Waals surface area contributed by atoms with Crippen molar-refractivity contribution in [1.29, 1.82) is 0 Å². The molecule has 2 rings (SSSR count). The molecule has 0 spiro atoms. The summed E-state index contributed by atoms with van der Waals surface area (Å²) in [5.74, 6) is -0.221. The van der Waals surface area contributed by atoms with E-state index in [1.165, 1.54) is 6.39 Å². The molecule has 2 aromatic rings. The van der Waals surface area contributed by atoms with Crippen LogP contribution < -0.4 is 5.32 Å². The fourth-order valence-electron chi connectivity index (χ4n) is 1.91. The molecule has 0 fully saturated rings. The Morgan fingerprint density at radius 1 is 1.36 bits per heavy atom. The number of benzene rings is 1. The Kier molecular flexibility index (Phi) is 5.21. The first kappa shape index (κ1) is 16.1. The Morgan fingerprint density at radius 2 is 2.05 bits per heavy atom.